The van der Waals surface area contributed by atoms with Crippen LogP contribution in [0.15, 0.2) is 18.2 Å². The van der Waals surface area contributed by atoms with Crippen molar-refractivity contribution in [1.82, 2.24) is 4.90 Å². The second-order valence-electron chi connectivity index (χ2n) is 5.98. The summed E-state index contributed by atoms with van der Waals surface area (Å²) >= 11 is 0. The van der Waals surface area contributed by atoms with Crippen molar-refractivity contribution in [3.05, 3.63) is 23.8 Å². The van der Waals surface area contributed by atoms with Gasteiger partial charge in [0.1, 0.15) is 0 Å². The van der Waals surface area contributed by atoms with Gasteiger partial charge in [-0.2, -0.15) is 0 Å². The van der Waals surface area contributed by atoms with E-state index in [1.807, 2.05) is 0 Å². The van der Waals surface area contributed by atoms with Gasteiger partial charge in [0.15, 0.2) is 11.5 Å². The third-order valence-electron chi connectivity index (χ3n) is 4.08. The lowest BCUT2D eigenvalue weighted by Crippen LogP contribution is -2.34. The fourth-order valence-electron chi connectivity index (χ4n) is 2.72. The molecule has 138 valence electrons. The molecule has 1 amide bonds. The Balaban J connectivity index is 2.01. The first kappa shape index (κ1) is 19.1. The van der Waals surface area contributed by atoms with E-state index in [0.717, 1.165) is 25.7 Å². The summed E-state index contributed by atoms with van der Waals surface area (Å²) < 4.78 is 15.6. The fraction of sp³-hybridized carbons (Fsp3) is 0.579. The van der Waals surface area contributed by atoms with Crippen LogP contribution in [0.2, 0.25) is 0 Å². The molecule has 0 spiro atoms. The fourth-order valence-corrected chi connectivity index (χ4v) is 2.72. The summed E-state index contributed by atoms with van der Waals surface area (Å²) in [6.45, 7) is 5.45. The van der Waals surface area contributed by atoms with Crippen LogP contribution >= 0.6 is 0 Å². The number of amides is 1. The summed E-state index contributed by atoms with van der Waals surface area (Å²) in [5, 5.41) is 0. The van der Waals surface area contributed by atoms with Gasteiger partial charge in [-0.1, -0.05) is 26.2 Å². The van der Waals surface area contributed by atoms with Gasteiger partial charge in [0.25, 0.3) is 5.91 Å². The van der Waals surface area contributed by atoms with Crippen LogP contribution in [0.4, 0.5) is 0 Å². The van der Waals surface area contributed by atoms with Crippen molar-refractivity contribution in [2.75, 3.05) is 26.5 Å². The molecule has 0 N–H and O–H groups in total. The molecule has 6 heteroatoms. The molecule has 0 saturated heterocycles. The molecule has 0 aliphatic carbocycles. The van der Waals surface area contributed by atoms with E-state index in [2.05, 4.69) is 6.92 Å². The van der Waals surface area contributed by atoms with Gasteiger partial charge in [0, 0.05) is 18.7 Å². The first-order valence-electron chi connectivity index (χ1n) is 9.00. The van der Waals surface area contributed by atoms with Gasteiger partial charge < -0.3 is 19.1 Å². The van der Waals surface area contributed by atoms with Gasteiger partial charge >= 0.3 is 5.97 Å². The molecular formula is C19H27NO5. The highest BCUT2D eigenvalue weighted by atomic mass is 16.7. The number of nitrogens with zero attached hydrogens (tertiary/aromatic N) is 1. The molecule has 0 radical (unpaired) electrons. The first-order chi connectivity index (χ1) is 12.2. The number of rotatable bonds is 10. The molecule has 0 fully saturated rings. The molecule has 1 aliphatic heterocycles. The van der Waals surface area contributed by atoms with E-state index in [4.69, 9.17) is 14.2 Å². The molecule has 0 atom stereocenters. The minimum Gasteiger partial charge on any atom is -0.466 e. The normalized spacial score (nSPS) is 12.1. The van der Waals surface area contributed by atoms with E-state index < -0.39 is 0 Å². The summed E-state index contributed by atoms with van der Waals surface area (Å²) in [6, 6.07) is 5.18. The number of hydrogen-bond acceptors (Lipinski definition) is 5. The third-order valence-corrected chi connectivity index (χ3v) is 4.08. The summed E-state index contributed by atoms with van der Waals surface area (Å²) in [5.74, 6) is 0.860. The zero-order valence-electron chi connectivity index (χ0n) is 15.1. The van der Waals surface area contributed by atoms with Crippen molar-refractivity contribution < 1.29 is 23.8 Å². The first-order valence-corrected chi connectivity index (χ1v) is 9.00. The Hall–Kier alpha value is -2.24. The van der Waals surface area contributed by atoms with Crippen LogP contribution in [0.3, 0.4) is 0 Å². The lowest BCUT2D eigenvalue weighted by molar-refractivity contribution is -0.143. The predicted octanol–water partition coefficient (Wildman–Crippen LogP) is 3.39. The Bertz CT molecular complexity index is 587. The Morgan fingerprint density at radius 3 is 2.64 bits per heavy atom. The van der Waals surface area contributed by atoms with Crippen molar-refractivity contribution in [2.45, 2.75) is 46.0 Å². The van der Waals surface area contributed by atoms with Gasteiger partial charge in [0.2, 0.25) is 6.79 Å². The maximum Gasteiger partial charge on any atom is 0.307 e. The molecule has 0 bridgehead atoms. The summed E-state index contributed by atoms with van der Waals surface area (Å²) in [6.07, 6.45) is 4.48. The molecule has 1 aromatic rings. The topological polar surface area (TPSA) is 65.1 Å². The second kappa shape index (κ2) is 9.91. The number of fused-ring (bicyclic) bond motifs is 1. The largest absolute Gasteiger partial charge is 0.466 e. The van der Waals surface area contributed by atoms with Crippen LogP contribution in [-0.2, 0) is 9.53 Å². The number of carbonyl (C=O) groups is 2. The standard InChI is InChI=1S/C19H27NO5/c1-3-5-6-7-11-20(12-10-18(21)23-4-2)19(22)15-8-9-16-17(13-15)25-14-24-16/h8-9,13H,3-7,10-12,14H2,1-2H3. The Kier molecular flexibility index (Phi) is 7.57. The van der Waals surface area contributed by atoms with E-state index in [-0.39, 0.29) is 25.1 Å². The SMILES string of the molecule is CCCCCCN(CCC(=O)OCC)C(=O)c1ccc2c(c1)OCO2. The van der Waals surface area contributed by atoms with Gasteiger partial charge in [-0.3, -0.25) is 9.59 Å². The molecule has 6 nitrogen and oxygen atoms in total. The Labute approximate surface area is 149 Å². The summed E-state index contributed by atoms with van der Waals surface area (Å²) in [4.78, 5) is 26.2. The van der Waals surface area contributed by atoms with Crippen molar-refractivity contribution in [3.63, 3.8) is 0 Å². The highest BCUT2D eigenvalue weighted by Crippen LogP contribution is 2.32. The molecule has 0 unspecified atom stereocenters. The molecular weight excluding hydrogens is 322 g/mol. The minimum atomic E-state index is -0.278. The quantitative estimate of drug-likeness (QED) is 0.478. The van der Waals surface area contributed by atoms with E-state index in [9.17, 15) is 9.59 Å². The van der Waals surface area contributed by atoms with Crippen molar-refractivity contribution in [1.29, 1.82) is 0 Å². The Morgan fingerprint density at radius 2 is 1.88 bits per heavy atom. The molecule has 1 heterocycles. The number of ether oxygens (including phenoxy) is 3. The molecule has 2 rings (SSSR count). The number of hydrogen-bond donors (Lipinski definition) is 0. The summed E-state index contributed by atoms with van der Waals surface area (Å²) in [7, 11) is 0. The summed E-state index contributed by atoms with van der Waals surface area (Å²) in [5.41, 5.74) is 0.545. The molecule has 25 heavy (non-hydrogen) atoms. The molecule has 0 aromatic heterocycles. The third kappa shape index (κ3) is 5.66. The van der Waals surface area contributed by atoms with Crippen LogP contribution in [0.25, 0.3) is 0 Å². The zero-order valence-corrected chi connectivity index (χ0v) is 15.1. The van der Waals surface area contributed by atoms with Gasteiger partial charge in [-0.05, 0) is 31.5 Å². The minimum absolute atomic E-state index is 0.0981. The van der Waals surface area contributed by atoms with Crippen LogP contribution in [0, 0.1) is 0 Å². The van der Waals surface area contributed by atoms with E-state index in [1.54, 1.807) is 30.0 Å². The van der Waals surface area contributed by atoms with Crippen molar-refractivity contribution in [2.24, 2.45) is 0 Å². The van der Waals surface area contributed by atoms with Crippen LogP contribution < -0.4 is 9.47 Å². The van der Waals surface area contributed by atoms with Crippen LogP contribution in [-0.4, -0.2) is 43.3 Å². The maximum absolute atomic E-state index is 12.9. The zero-order chi connectivity index (χ0) is 18.1. The van der Waals surface area contributed by atoms with Crippen molar-refractivity contribution in [3.8, 4) is 11.5 Å². The number of carbonyl (C=O) groups excluding carboxylic acids is 2. The molecule has 1 aliphatic rings. The predicted molar refractivity (Wildman–Crippen MR) is 93.9 cm³/mol. The second-order valence-corrected chi connectivity index (χ2v) is 5.98. The van der Waals surface area contributed by atoms with E-state index in [1.165, 1.54) is 0 Å². The van der Waals surface area contributed by atoms with Gasteiger partial charge in [-0.25, -0.2) is 0 Å². The smallest absolute Gasteiger partial charge is 0.307 e. The molecule has 0 saturated carbocycles. The molecule has 1 aromatic carbocycles. The van der Waals surface area contributed by atoms with E-state index >= 15 is 0 Å². The van der Waals surface area contributed by atoms with Crippen LogP contribution in [0.5, 0.6) is 11.5 Å². The highest BCUT2D eigenvalue weighted by Gasteiger charge is 2.21. The maximum atomic E-state index is 12.9. The average molecular weight is 349 g/mol. The van der Waals surface area contributed by atoms with Crippen molar-refractivity contribution >= 4 is 11.9 Å². The number of unbranched alkanes of at least 4 members (excludes halogenated alkanes) is 3. The Morgan fingerprint density at radius 1 is 1.08 bits per heavy atom. The number of esters is 1. The van der Waals surface area contributed by atoms with Crippen LogP contribution in [0.1, 0.15) is 56.3 Å². The number of benzene rings is 1. The highest BCUT2D eigenvalue weighted by molar-refractivity contribution is 5.95. The van der Waals surface area contributed by atoms with Gasteiger partial charge in [0.05, 0.1) is 13.0 Å². The van der Waals surface area contributed by atoms with Gasteiger partial charge in [-0.15, -0.1) is 0 Å². The lowest BCUT2D eigenvalue weighted by Gasteiger charge is -2.22. The lowest BCUT2D eigenvalue weighted by atomic mass is 10.1. The average Bonchev–Trinajstić information content (AvgIpc) is 3.08. The van der Waals surface area contributed by atoms with E-state index in [0.29, 0.717) is 36.8 Å². The monoisotopic (exact) mass is 349 g/mol.